The van der Waals surface area contributed by atoms with Gasteiger partial charge in [-0.05, 0) is 30.9 Å². The van der Waals surface area contributed by atoms with E-state index >= 15 is 0 Å². The highest BCUT2D eigenvalue weighted by Crippen LogP contribution is 2.48. The van der Waals surface area contributed by atoms with E-state index < -0.39 is 0 Å². The Bertz CT molecular complexity index is 350. The molecule has 1 aliphatic carbocycles. The van der Waals surface area contributed by atoms with Crippen LogP contribution in [0.4, 0.5) is 0 Å². The van der Waals surface area contributed by atoms with Gasteiger partial charge in [0.2, 0.25) is 0 Å². The van der Waals surface area contributed by atoms with Crippen molar-refractivity contribution in [2.45, 2.75) is 26.3 Å². The lowest BCUT2D eigenvalue weighted by Crippen LogP contribution is -2.23. The number of rotatable bonds is 5. The van der Waals surface area contributed by atoms with Crippen molar-refractivity contribution in [3.8, 4) is 5.75 Å². The van der Waals surface area contributed by atoms with E-state index in [1.807, 2.05) is 12.1 Å². The fraction of sp³-hybridized carbons (Fsp3) is 0.571. The molecule has 1 aromatic carbocycles. The van der Waals surface area contributed by atoms with Crippen molar-refractivity contribution >= 4 is 0 Å². The Morgan fingerprint density at radius 2 is 2.12 bits per heavy atom. The van der Waals surface area contributed by atoms with Gasteiger partial charge in [-0.3, -0.25) is 0 Å². The van der Waals surface area contributed by atoms with Gasteiger partial charge in [0.1, 0.15) is 5.75 Å². The number of benzene rings is 1. The van der Waals surface area contributed by atoms with Crippen molar-refractivity contribution in [3.63, 3.8) is 0 Å². The van der Waals surface area contributed by atoms with Crippen LogP contribution < -0.4 is 10.1 Å². The summed E-state index contributed by atoms with van der Waals surface area (Å²) in [6, 6.07) is 8.80. The Morgan fingerprint density at radius 1 is 1.44 bits per heavy atom. The molecule has 2 rings (SSSR count). The number of hydrogen-bond donors (Lipinski definition) is 1. The van der Waals surface area contributed by atoms with Gasteiger partial charge in [-0.1, -0.05) is 32.0 Å². The first-order valence-corrected chi connectivity index (χ1v) is 6.14. The highest BCUT2D eigenvalue weighted by Gasteiger charge is 2.40. The van der Waals surface area contributed by atoms with Gasteiger partial charge in [0.15, 0.2) is 0 Å². The molecule has 0 aromatic heterocycles. The second-order valence-corrected chi connectivity index (χ2v) is 4.65. The Morgan fingerprint density at radius 3 is 2.69 bits per heavy atom. The lowest BCUT2D eigenvalue weighted by atomic mass is 10.00. The van der Waals surface area contributed by atoms with Gasteiger partial charge in [0.25, 0.3) is 0 Å². The molecule has 0 amide bonds. The molecule has 1 saturated carbocycles. The maximum Gasteiger partial charge on any atom is 0.123 e. The molecule has 2 heteroatoms. The summed E-state index contributed by atoms with van der Waals surface area (Å²) in [5.74, 6) is 2.62. The number of nitrogens with one attached hydrogen (secondary N) is 1. The highest BCUT2D eigenvalue weighted by molar-refractivity contribution is 5.37. The number of ether oxygens (including phenoxy) is 1. The predicted octanol–water partition coefficient (Wildman–Crippen LogP) is 3.00. The van der Waals surface area contributed by atoms with Crippen LogP contribution in [0.25, 0.3) is 0 Å². The second-order valence-electron chi connectivity index (χ2n) is 4.65. The van der Waals surface area contributed by atoms with Crippen LogP contribution in [-0.4, -0.2) is 13.7 Å². The molecule has 3 unspecified atom stereocenters. The minimum Gasteiger partial charge on any atom is -0.496 e. The standard InChI is InChI=1S/C14H21NO/c1-4-15-14(12-9-10(12)2)11-7-5-6-8-13(11)16-3/h5-8,10,12,14-15H,4,9H2,1-3H3. The average Bonchev–Trinajstić information content (AvgIpc) is 3.03. The van der Waals surface area contributed by atoms with Gasteiger partial charge < -0.3 is 10.1 Å². The maximum atomic E-state index is 5.45. The van der Waals surface area contributed by atoms with E-state index in [-0.39, 0.29) is 0 Å². The van der Waals surface area contributed by atoms with Crippen LogP contribution in [0.1, 0.15) is 31.9 Å². The van der Waals surface area contributed by atoms with E-state index in [9.17, 15) is 0 Å². The molecule has 0 saturated heterocycles. The monoisotopic (exact) mass is 219 g/mol. The van der Waals surface area contributed by atoms with E-state index in [1.165, 1.54) is 12.0 Å². The smallest absolute Gasteiger partial charge is 0.123 e. The van der Waals surface area contributed by atoms with Gasteiger partial charge in [-0.2, -0.15) is 0 Å². The predicted molar refractivity (Wildman–Crippen MR) is 66.7 cm³/mol. The minimum atomic E-state index is 0.455. The highest BCUT2D eigenvalue weighted by atomic mass is 16.5. The molecule has 1 fully saturated rings. The van der Waals surface area contributed by atoms with Crippen LogP contribution in [0.2, 0.25) is 0 Å². The third-order valence-electron chi connectivity index (χ3n) is 3.50. The molecular weight excluding hydrogens is 198 g/mol. The minimum absolute atomic E-state index is 0.455. The summed E-state index contributed by atoms with van der Waals surface area (Å²) >= 11 is 0. The SMILES string of the molecule is CCNC(c1ccccc1OC)C1CC1C. The van der Waals surface area contributed by atoms with Gasteiger partial charge in [-0.25, -0.2) is 0 Å². The van der Waals surface area contributed by atoms with E-state index in [0.29, 0.717) is 6.04 Å². The van der Waals surface area contributed by atoms with Crippen LogP contribution in [-0.2, 0) is 0 Å². The lowest BCUT2D eigenvalue weighted by molar-refractivity contribution is 0.389. The van der Waals surface area contributed by atoms with E-state index in [4.69, 9.17) is 4.74 Å². The average molecular weight is 219 g/mol. The summed E-state index contributed by atoms with van der Waals surface area (Å²) in [6.45, 7) is 5.49. The van der Waals surface area contributed by atoms with Crippen LogP contribution in [0.3, 0.4) is 0 Å². The Balaban J connectivity index is 2.23. The van der Waals surface area contributed by atoms with E-state index in [0.717, 1.165) is 24.1 Å². The van der Waals surface area contributed by atoms with Crippen molar-refractivity contribution in [2.24, 2.45) is 11.8 Å². The largest absolute Gasteiger partial charge is 0.496 e. The Labute approximate surface area is 98.0 Å². The number of para-hydroxylation sites is 1. The quantitative estimate of drug-likeness (QED) is 0.822. The van der Waals surface area contributed by atoms with Crippen LogP contribution >= 0.6 is 0 Å². The van der Waals surface area contributed by atoms with Gasteiger partial charge >= 0.3 is 0 Å². The maximum absolute atomic E-state index is 5.45. The molecule has 16 heavy (non-hydrogen) atoms. The first-order chi connectivity index (χ1) is 7.77. The van der Waals surface area contributed by atoms with Crippen molar-refractivity contribution in [2.75, 3.05) is 13.7 Å². The topological polar surface area (TPSA) is 21.3 Å². The van der Waals surface area contributed by atoms with Crippen LogP contribution in [0, 0.1) is 11.8 Å². The molecule has 0 heterocycles. The molecule has 0 bridgehead atoms. The fourth-order valence-corrected chi connectivity index (χ4v) is 2.45. The van der Waals surface area contributed by atoms with Gasteiger partial charge in [0.05, 0.1) is 7.11 Å². The van der Waals surface area contributed by atoms with Crippen molar-refractivity contribution in [1.29, 1.82) is 0 Å². The summed E-state index contributed by atoms with van der Waals surface area (Å²) in [5.41, 5.74) is 1.31. The zero-order valence-electron chi connectivity index (χ0n) is 10.4. The molecule has 0 spiro atoms. The molecule has 1 aliphatic rings. The Kier molecular flexibility index (Phi) is 3.49. The molecule has 1 aromatic rings. The van der Waals surface area contributed by atoms with Crippen LogP contribution in [0.5, 0.6) is 5.75 Å². The number of hydrogen-bond acceptors (Lipinski definition) is 2. The first kappa shape index (κ1) is 11.5. The summed E-state index contributed by atoms with van der Waals surface area (Å²) in [5, 5.41) is 3.59. The lowest BCUT2D eigenvalue weighted by Gasteiger charge is -2.20. The van der Waals surface area contributed by atoms with Crippen molar-refractivity contribution in [3.05, 3.63) is 29.8 Å². The number of methoxy groups -OCH3 is 1. The van der Waals surface area contributed by atoms with E-state index in [2.05, 4.69) is 31.3 Å². The fourth-order valence-electron chi connectivity index (χ4n) is 2.45. The molecule has 0 aliphatic heterocycles. The zero-order valence-corrected chi connectivity index (χ0v) is 10.4. The summed E-state index contributed by atoms with van der Waals surface area (Å²) in [4.78, 5) is 0. The van der Waals surface area contributed by atoms with Crippen molar-refractivity contribution in [1.82, 2.24) is 5.32 Å². The summed E-state index contributed by atoms with van der Waals surface area (Å²) < 4.78 is 5.45. The molecular formula is C14H21NO. The Hall–Kier alpha value is -1.02. The molecule has 3 atom stereocenters. The van der Waals surface area contributed by atoms with Gasteiger partial charge in [-0.15, -0.1) is 0 Å². The second kappa shape index (κ2) is 4.88. The third kappa shape index (κ3) is 2.22. The van der Waals surface area contributed by atoms with Crippen LogP contribution in [0.15, 0.2) is 24.3 Å². The normalized spacial score (nSPS) is 25.2. The molecule has 2 nitrogen and oxygen atoms in total. The summed E-state index contributed by atoms with van der Waals surface area (Å²) in [6.07, 6.45) is 1.33. The first-order valence-electron chi connectivity index (χ1n) is 6.14. The van der Waals surface area contributed by atoms with E-state index in [1.54, 1.807) is 7.11 Å². The van der Waals surface area contributed by atoms with Gasteiger partial charge in [0, 0.05) is 11.6 Å². The molecule has 1 N–H and O–H groups in total. The zero-order chi connectivity index (χ0) is 11.5. The van der Waals surface area contributed by atoms with Crippen molar-refractivity contribution < 1.29 is 4.74 Å². The third-order valence-corrected chi connectivity index (χ3v) is 3.50. The summed E-state index contributed by atoms with van der Waals surface area (Å²) in [7, 11) is 1.75. The molecule has 0 radical (unpaired) electrons. The molecule has 88 valence electrons.